The molecule has 0 atom stereocenters. The molecule has 1 N–H and O–H groups in total. The van der Waals surface area contributed by atoms with Crippen LogP contribution in [-0.4, -0.2) is 18.1 Å². The first-order valence-corrected chi connectivity index (χ1v) is 7.63. The molecular formula is C15H19N3S. The van der Waals surface area contributed by atoms with Crippen molar-refractivity contribution in [2.75, 3.05) is 11.9 Å². The van der Waals surface area contributed by atoms with E-state index in [0.717, 1.165) is 18.9 Å². The molecule has 19 heavy (non-hydrogen) atoms. The Labute approximate surface area is 118 Å². The van der Waals surface area contributed by atoms with E-state index >= 15 is 0 Å². The van der Waals surface area contributed by atoms with E-state index in [1.807, 2.05) is 24.6 Å². The summed E-state index contributed by atoms with van der Waals surface area (Å²) in [5, 5.41) is 5.29. The number of rotatable bonds is 6. The summed E-state index contributed by atoms with van der Waals surface area (Å²) >= 11 is 1.82. The third kappa shape index (κ3) is 3.14. The molecule has 2 aromatic rings. The normalized spacial score (nSPS) is 14.6. The third-order valence-electron chi connectivity index (χ3n) is 3.38. The molecule has 2 heterocycles. The van der Waals surface area contributed by atoms with Crippen molar-refractivity contribution in [3.8, 4) is 0 Å². The molecule has 3 nitrogen and oxygen atoms in total. The van der Waals surface area contributed by atoms with Gasteiger partial charge in [0.1, 0.15) is 5.82 Å². The van der Waals surface area contributed by atoms with Crippen LogP contribution in [0.25, 0.3) is 0 Å². The molecule has 1 aliphatic rings. The topological polar surface area (TPSA) is 28.2 Å². The molecule has 2 aromatic heterocycles. The van der Waals surface area contributed by atoms with Crippen molar-refractivity contribution in [3.63, 3.8) is 0 Å². The Bertz CT molecular complexity index is 503. The quantitative estimate of drug-likeness (QED) is 0.877. The smallest absolute Gasteiger partial charge is 0.129 e. The van der Waals surface area contributed by atoms with Gasteiger partial charge >= 0.3 is 0 Å². The van der Waals surface area contributed by atoms with Crippen LogP contribution in [0.3, 0.4) is 0 Å². The van der Waals surface area contributed by atoms with Crippen LogP contribution in [0.2, 0.25) is 0 Å². The van der Waals surface area contributed by atoms with Crippen LogP contribution in [0.5, 0.6) is 0 Å². The maximum absolute atomic E-state index is 4.63. The zero-order chi connectivity index (χ0) is 13.1. The lowest BCUT2D eigenvalue weighted by Crippen LogP contribution is -2.25. The number of anilines is 1. The molecule has 3 rings (SSSR count). The molecule has 0 aliphatic heterocycles. The monoisotopic (exact) mass is 273 g/mol. The highest BCUT2D eigenvalue weighted by atomic mass is 32.1. The number of nitrogens with zero attached hydrogens (tertiary/aromatic N) is 2. The van der Waals surface area contributed by atoms with Gasteiger partial charge in [0, 0.05) is 23.7 Å². The molecule has 1 aliphatic carbocycles. The van der Waals surface area contributed by atoms with Crippen LogP contribution < -0.4 is 10.2 Å². The highest BCUT2D eigenvalue weighted by Crippen LogP contribution is 2.32. The van der Waals surface area contributed by atoms with Gasteiger partial charge in [-0.25, -0.2) is 4.98 Å². The average molecular weight is 273 g/mol. The largest absolute Gasteiger partial charge is 0.348 e. The van der Waals surface area contributed by atoms with Crippen molar-refractivity contribution >= 4 is 17.2 Å². The second-order valence-electron chi connectivity index (χ2n) is 4.99. The van der Waals surface area contributed by atoms with Gasteiger partial charge in [0.15, 0.2) is 0 Å². The molecule has 0 saturated heterocycles. The molecule has 0 unspecified atom stereocenters. The predicted octanol–water partition coefficient (Wildman–Crippen LogP) is 3.03. The highest BCUT2D eigenvalue weighted by molar-refractivity contribution is 7.09. The number of hydrogen-bond donors (Lipinski definition) is 1. The standard InChI is InChI=1S/C15H19N3S/c1-16-9-12-4-7-15(17-10-12)18(13-5-6-13)11-14-3-2-8-19-14/h2-4,7-8,10,13,16H,5-6,9,11H2,1H3. The van der Waals surface area contributed by atoms with Crippen LogP contribution in [0, 0.1) is 0 Å². The highest BCUT2D eigenvalue weighted by Gasteiger charge is 2.30. The van der Waals surface area contributed by atoms with Crippen LogP contribution in [0.1, 0.15) is 23.3 Å². The van der Waals surface area contributed by atoms with Gasteiger partial charge in [-0.15, -0.1) is 11.3 Å². The van der Waals surface area contributed by atoms with E-state index in [9.17, 15) is 0 Å². The van der Waals surface area contributed by atoms with E-state index in [1.165, 1.54) is 23.3 Å². The third-order valence-corrected chi connectivity index (χ3v) is 4.24. The summed E-state index contributed by atoms with van der Waals surface area (Å²) in [5.41, 5.74) is 1.23. The minimum atomic E-state index is 0.685. The fraction of sp³-hybridized carbons (Fsp3) is 0.400. The number of pyridine rings is 1. The summed E-state index contributed by atoms with van der Waals surface area (Å²) in [6.07, 6.45) is 4.58. The summed E-state index contributed by atoms with van der Waals surface area (Å²) in [6, 6.07) is 9.33. The fourth-order valence-corrected chi connectivity index (χ4v) is 2.95. The van der Waals surface area contributed by atoms with E-state index < -0.39 is 0 Å². The molecule has 100 valence electrons. The van der Waals surface area contributed by atoms with Gasteiger partial charge in [0.25, 0.3) is 0 Å². The first-order chi connectivity index (χ1) is 9.36. The maximum atomic E-state index is 4.63. The van der Waals surface area contributed by atoms with Gasteiger partial charge in [-0.05, 0) is 43.0 Å². The van der Waals surface area contributed by atoms with Gasteiger partial charge in [-0.3, -0.25) is 0 Å². The molecule has 0 bridgehead atoms. The minimum Gasteiger partial charge on any atom is -0.348 e. The Hall–Kier alpha value is -1.39. The Morgan fingerprint density at radius 2 is 2.26 bits per heavy atom. The van der Waals surface area contributed by atoms with Gasteiger partial charge in [0.2, 0.25) is 0 Å². The number of hydrogen-bond acceptors (Lipinski definition) is 4. The van der Waals surface area contributed by atoms with E-state index in [4.69, 9.17) is 0 Å². The number of aromatic nitrogens is 1. The van der Waals surface area contributed by atoms with Gasteiger partial charge < -0.3 is 10.2 Å². The Morgan fingerprint density at radius 3 is 2.84 bits per heavy atom. The molecule has 4 heteroatoms. The Balaban J connectivity index is 1.76. The summed E-state index contributed by atoms with van der Waals surface area (Å²) in [7, 11) is 1.96. The minimum absolute atomic E-state index is 0.685. The Kier molecular flexibility index (Phi) is 3.80. The van der Waals surface area contributed by atoms with Crippen LogP contribution in [0.15, 0.2) is 35.8 Å². The van der Waals surface area contributed by atoms with Crippen molar-refractivity contribution < 1.29 is 0 Å². The second kappa shape index (κ2) is 5.72. The molecule has 1 fully saturated rings. The first-order valence-electron chi connectivity index (χ1n) is 6.75. The molecule has 0 radical (unpaired) electrons. The zero-order valence-corrected chi connectivity index (χ0v) is 12.0. The lowest BCUT2D eigenvalue weighted by molar-refractivity contribution is 0.778. The maximum Gasteiger partial charge on any atom is 0.129 e. The zero-order valence-electron chi connectivity index (χ0n) is 11.2. The predicted molar refractivity (Wildman–Crippen MR) is 80.5 cm³/mol. The van der Waals surface area contributed by atoms with Crippen LogP contribution >= 0.6 is 11.3 Å². The number of nitrogens with one attached hydrogen (secondary N) is 1. The van der Waals surface area contributed by atoms with Crippen molar-refractivity contribution in [2.24, 2.45) is 0 Å². The molecule has 0 aromatic carbocycles. The van der Waals surface area contributed by atoms with E-state index in [1.54, 1.807) is 0 Å². The van der Waals surface area contributed by atoms with Gasteiger partial charge in [-0.2, -0.15) is 0 Å². The Morgan fingerprint density at radius 1 is 1.37 bits per heavy atom. The average Bonchev–Trinajstić information content (AvgIpc) is 3.15. The van der Waals surface area contributed by atoms with Crippen molar-refractivity contribution in [1.82, 2.24) is 10.3 Å². The molecule has 0 spiro atoms. The van der Waals surface area contributed by atoms with Gasteiger partial charge in [0.05, 0.1) is 6.54 Å². The SMILES string of the molecule is CNCc1ccc(N(Cc2cccs2)C2CC2)nc1. The molecule has 1 saturated carbocycles. The summed E-state index contributed by atoms with van der Waals surface area (Å²) in [6.45, 7) is 1.86. The summed E-state index contributed by atoms with van der Waals surface area (Å²) < 4.78 is 0. The summed E-state index contributed by atoms with van der Waals surface area (Å²) in [5.74, 6) is 1.11. The lowest BCUT2D eigenvalue weighted by Gasteiger charge is -2.23. The van der Waals surface area contributed by atoms with Crippen molar-refractivity contribution in [3.05, 3.63) is 46.3 Å². The van der Waals surface area contributed by atoms with E-state index in [0.29, 0.717) is 6.04 Å². The van der Waals surface area contributed by atoms with Gasteiger partial charge in [-0.1, -0.05) is 12.1 Å². The summed E-state index contributed by atoms with van der Waals surface area (Å²) in [4.78, 5) is 8.48. The lowest BCUT2D eigenvalue weighted by atomic mass is 10.2. The van der Waals surface area contributed by atoms with Crippen LogP contribution in [-0.2, 0) is 13.1 Å². The van der Waals surface area contributed by atoms with Crippen molar-refractivity contribution in [1.29, 1.82) is 0 Å². The first kappa shape index (κ1) is 12.6. The molecular weight excluding hydrogens is 254 g/mol. The molecule has 0 amide bonds. The van der Waals surface area contributed by atoms with E-state index in [-0.39, 0.29) is 0 Å². The second-order valence-corrected chi connectivity index (χ2v) is 6.03. The van der Waals surface area contributed by atoms with E-state index in [2.05, 4.69) is 44.8 Å². The van der Waals surface area contributed by atoms with Crippen LogP contribution in [0.4, 0.5) is 5.82 Å². The van der Waals surface area contributed by atoms with Crippen molar-refractivity contribution in [2.45, 2.75) is 32.0 Å². The fourth-order valence-electron chi connectivity index (χ4n) is 2.25. The number of thiophene rings is 1.